The summed E-state index contributed by atoms with van der Waals surface area (Å²) in [4.78, 5) is 4.40. The van der Waals surface area contributed by atoms with Crippen LogP contribution in [0.1, 0.15) is 12.5 Å². The second-order valence-corrected chi connectivity index (χ2v) is 6.54. The molecule has 3 rings (SSSR count). The Labute approximate surface area is 139 Å². The first-order valence-corrected chi connectivity index (χ1v) is 7.99. The monoisotopic (exact) mass is 394 g/mol. The molecule has 1 aromatic heterocycles. The summed E-state index contributed by atoms with van der Waals surface area (Å²) >= 11 is 15.5. The van der Waals surface area contributed by atoms with Gasteiger partial charge in [0.25, 0.3) is 0 Å². The van der Waals surface area contributed by atoms with Crippen molar-refractivity contribution in [3.05, 3.63) is 26.9 Å². The molecule has 21 heavy (non-hydrogen) atoms. The zero-order chi connectivity index (χ0) is 15.1. The number of aromatic nitrogens is 2. The molecule has 0 spiro atoms. The highest BCUT2D eigenvalue weighted by Crippen LogP contribution is 2.34. The fourth-order valence-corrected chi connectivity index (χ4v) is 3.59. The average molecular weight is 396 g/mol. The van der Waals surface area contributed by atoms with E-state index in [1.165, 1.54) is 0 Å². The molecule has 0 aliphatic carbocycles. The van der Waals surface area contributed by atoms with Gasteiger partial charge in [-0.05, 0) is 34.5 Å². The van der Waals surface area contributed by atoms with Crippen molar-refractivity contribution in [3.63, 3.8) is 0 Å². The minimum atomic E-state index is -0.721. The minimum Gasteiger partial charge on any atom is -0.394 e. The van der Waals surface area contributed by atoms with E-state index in [0.717, 1.165) is 11.0 Å². The van der Waals surface area contributed by atoms with Gasteiger partial charge in [0.2, 0.25) is 0 Å². The van der Waals surface area contributed by atoms with Crippen LogP contribution in [-0.4, -0.2) is 45.2 Å². The van der Waals surface area contributed by atoms with E-state index < -0.39 is 12.2 Å². The maximum Gasteiger partial charge on any atom is 0.178 e. The van der Waals surface area contributed by atoms with Gasteiger partial charge in [-0.2, -0.15) is 0 Å². The van der Waals surface area contributed by atoms with Crippen LogP contribution in [0.3, 0.4) is 0 Å². The second kappa shape index (κ2) is 6.02. The molecule has 1 saturated heterocycles. The predicted molar refractivity (Wildman–Crippen MR) is 83.9 cm³/mol. The van der Waals surface area contributed by atoms with Crippen molar-refractivity contribution in [1.82, 2.24) is 9.55 Å². The van der Waals surface area contributed by atoms with E-state index in [4.69, 9.17) is 33.0 Å². The standard InChI is InChI=1S/C13H13BrCl2N2O3/c14-13-17-9-2-7(15)8(16)3-10(9)18(13)6-1-11(20)12(4-19)21-5-6/h2-3,6,11-12,19-20H,1,4-5H2/t6-,11+,12-/m0/s1. The number of benzene rings is 1. The predicted octanol–water partition coefficient (Wildman–Crippen LogP) is 2.79. The molecular formula is C13H13BrCl2N2O3. The SMILES string of the molecule is OC[C@@H]1OC[C@@H](n2c(Br)nc3cc(Cl)c(Cl)cc32)C[C@H]1O. The van der Waals surface area contributed by atoms with Crippen LogP contribution in [0.2, 0.25) is 10.0 Å². The van der Waals surface area contributed by atoms with Crippen molar-refractivity contribution < 1.29 is 14.9 Å². The molecule has 1 aliphatic rings. The number of fused-ring (bicyclic) bond motifs is 1. The van der Waals surface area contributed by atoms with Gasteiger partial charge in [0.05, 0.1) is 46.4 Å². The Hall–Kier alpha value is -0.370. The lowest BCUT2D eigenvalue weighted by Gasteiger charge is -2.33. The number of rotatable bonds is 2. The summed E-state index contributed by atoms with van der Waals surface area (Å²) in [6.07, 6.45) is -0.788. The number of aliphatic hydroxyl groups is 2. The molecule has 0 saturated carbocycles. The van der Waals surface area contributed by atoms with Crippen LogP contribution in [0.15, 0.2) is 16.9 Å². The van der Waals surface area contributed by atoms with Gasteiger partial charge in [-0.1, -0.05) is 23.2 Å². The maximum absolute atomic E-state index is 10.0. The smallest absolute Gasteiger partial charge is 0.178 e. The normalized spacial score (nSPS) is 26.4. The highest BCUT2D eigenvalue weighted by atomic mass is 79.9. The van der Waals surface area contributed by atoms with E-state index in [1.54, 1.807) is 12.1 Å². The topological polar surface area (TPSA) is 67.5 Å². The Morgan fingerprint density at radius 2 is 2.10 bits per heavy atom. The van der Waals surface area contributed by atoms with Crippen molar-refractivity contribution in [3.8, 4) is 0 Å². The summed E-state index contributed by atoms with van der Waals surface area (Å²) in [5.74, 6) is 0. The van der Waals surface area contributed by atoms with Gasteiger partial charge in [0.15, 0.2) is 4.73 Å². The van der Waals surface area contributed by atoms with Gasteiger partial charge in [0.1, 0.15) is 6.10 Å². The minimum absolute atomic E-state index is 0.0978. The Bertz CT molecular complexity index is 679. The van der Waals surface area contributed by atoms with Crippen LogP contribution in [0.5, 0.6) is 0 Å². The molecule has 3 atom stereocenters. The average Bonchev–Trinajstić information content (AvgIpc) is 2.74. The summed E-state index contributed by atoms with van der Waals surface area (Å²) in [5, 5.41) is 20.0. The molecule has 0 radical (unpaired) electrons. The number of hydrogen-bond donors (Lipinski definition) is 2. The second-order valence-electron chi connectivity index (χ2n) is 5.02. The van der Waals surface area contributed by atoms with Crippen molar-refractivity contribution >= 4 is 50.2 Å². The molecule has 114 valence electrons. The fourth-order valence-electron chi connectivity index (χ4n) is 2.61. The van der Waals surface area contributed by atoms with Gasteiger partial charge in [-0.25, -0.2) is 4.98 Å². The van der Waals surface area contributed by atoms with E-state index >= 15 is 0 Å². The zero-order valence-corrected chi connectivity index (χ0v) is 13.9. The quantitative estimate of drug-likeness (QED) is 0.820. The van der Waals surface area contributed by atoms with Crippen LogP contribution in [-0.2, 0) is 4.74 Å². The Kier molecular flexibility index (Phi) is 4.45. The number of ether oxygens (including phenoxy) is 1. The van der Waals surface area contributed by atoms with Crippen LogP contribution >= 0.6 is 39.1 Å². The van der Waals surface area contributed by atoms with Crippen molar-refractivity contribution in [2.24, 2.45) is 0 Å². The van der Waals surface area contributed by atoms with E-state index in [-0.39, 0.29) is 12.6 Å². The third-order valence-electron chi connectivity index (χ3n) is 3.68. The van der Waals surface area contributed by atoms with Crippen molar-refractivity contribution in [1.29, 1.82) is 0 Å². The fraction of sp³-hybridized carbons (Fsp3) is 0.462. The number of imidazole rings is 1. The van der Waals surface area contributed by atoms with E-state index in [1.807, 2.05) is 4.57 Å². The van der Waals surface area contributed by atoms with Crippen LogP contribution < -0.4 is 0 Å². The number of halogens is 3. The lowest BCUT2D eigenvalue weighted by molar-refractivity contribution is -0.112. The largest absolute Gasteiger partial charge is 0.394 e. The van der Waals surface area contributed by atoms with Gasteiger partial charge in [-0.3, -0.25) is 0 Å². The van der Waals surface area contributed by atoms with Crippen LogP contribution in [0.25, 0.3) is 11.0 Å². The zero-order valence-electron chi connectivity index (χ0n) is 10.8. The Balaban J connectivity index is 2.01. The van der Waals surface area contributed by atoms with E-state index in [0.29, 0.717) is 27.8 Å². The van der Waals surface area contributed by atoms with Gasteiger partial charge >= 0.3 is 0 Å². The number of aliphatic hydroxyl groups excluding tert-OH is 2. The molecular weight excluding hydrogens is 383 g/mol. The van der Waals surface area contributed by atoms with Gasteiger partial charge in [0, 0.05) is 0 Å². The molecule has 8 heteroatoms. The lowest BCUT2D eigenvalue weighted by atomic mass is 10.0. The van der Waals surface area contributed by atoms with E-state index in [9.17, 15) is 5.11 Å². The lowest BCUT2D eigenvalue weighted by Crippen LogP contribution is -2.41. The molecule has 2 aromatic rings. The third kappa shape index (κ3) is 2.81. The molecule has 0 unspecified atom stereocenters. The first-order valence-electron chi connectivity index (χ1n) is 6.44. The summed E-state index contributed by atoms with van der Waals surface area (Å²) in [7, 11) is 0. The molecule has 2 heterocycles. The number of nitrogens with zero attached hydrogens (tertiary/aromatic N) is 2. The molecule has 1 aliphatic heterocycles. The highest BCUT2D eigenvalue weighted by molar-refractivity contribution is 9.10. The molecule has 0 amide bonds. The highest BCUT2D eigenvalue weighted by Gasteiger charge is 2.32. The van der Waals surface area contributed by atoms with Crippen LogP contribution in [0, 0.1) is 0 Å². The third-order valence-corrected chi connectivity index (χ3v) is 4.96. The number of hydrogen-bond acceptors (Lipinski definition) is 4. The Morgan fingerprint density at radius 3 is 2.76 bits per heavy atom. The van der Waals surface area contributed by atoms with Crippen molar-refractivity contribution in [2.45, 2.75) is 24.7 Å². The Morgan fingerprint density at radius 1 is 1.38 bits per heavy atom. The first-order chi connectivity index (χ1) is 10.0. The molecule has 1 fully saturated rings. The van der Waals surface area contributed by atoms with Gasteiger partial charge in [-0.15, -0.1) is 0 Å². The molecule has 5 nitrogen and oxygen atoms in total. The van der Waals surface area contributed by atoms with E-state index in [2.05, 4.69) is 20.9 Å². The van der Waals surface area contributed by atoms with Gasteiger partial charge < -0.3 is 19.5 Å². The molecule has 0 bridgehead atoms. The summed E-state index contributed by atoms with van der Waals surface area (Å²) in [5.41, 5.74) is 1.54. The summed E-state index contributed by atoms with van der Waals surface area (Å²) in [6.45, 7) is 0.188. The first kappa shape index (κ1) is 15.5. The van der Waals surface area contributed by atoms with Crippen LogP contribution in [0.4, 0.5) is 0 Å². The summed E-state index contributed by atoms with van der Waals surface area (Å²) < 4.78 is 8.05. The van der Waals surface area contributed by atoms with Crippen molar-refractivity contribution in [2.75, 3.05) is 13.2 Å². The molecule has 2 N–H and O–H groups in total. The molecule has 1 aromatic carbocycles. The maximum atomic E-state index is 10.0. The summed E-state index contributed by atoms with van der Waals surface area (Å²) in [6, 6.07) is 3.36.